The third kappa shape index (κ3) is 5.05. The van der Waals surface area contributed by atoms with Crippen molar-refractivity contribution in [2.45, 2.75) is 36.7 Å². The Morgan fingerprint density at radius 2 is 2.13 bits per heavy atom. The minimum atomic E-state index is -1.18. The number of rotatable bonds is 6. The molecule has 30 heavy (non-hydrogen) atoms. The van der Waals surface area contributed by atoms with E-state index in [1.54, 1.807) is 38.4 Å². The number of hydrogen-bond donors (Lipinski definition) is 1. The van der Waals surface area contributed by atoms with Gasteiger partial charge >= 0.3 is 19.1 Å². The van der Waals surface area contributed by atoms with Crippen LogP contribution in [0.4, 0.5) is 0 Å². The highest BCUT2D eigenvalue weighted by molar-refractivity contribution is 8.02. The van der Waals surface area contributed by atoms with Gasteiger partial charge in [0, 0.05) is 0 Å². The Balaban J connectivity index is 1.77. The van der Waals surface area contributed by atoms with Crippen LogP contribution in [-0.2, 0) is 20.7 Å². The van der Waals surface area contributed by atoms with Crippen molar-refractivity contribution in [1.29, 1.82) is 0 Å². The van der Waals surface area contributed by atoms with Crippen LogP contribution in [0.2, 0.25) is 0 Å². The van der Waals surface area contributed by atoms with Crippen LogP contribution in [0.3, 0.4) is 0 Å². The molecular formula is C18H21BN2O7S2. The van der Waals surface area contributed by atoms with Crippen molar-refractivity contribution in [1.82, 2.24) is 10.2 Å². The zero-order chi connectivity index (χ0) is 21.9. The fourth-order valence-electron chi connectivity index (χ4n) is 2.65. The molecule has 12 heteroatoms. The van der Waals surface area contributed by atoms with Crippen molar-refractivity contribution in [2.24, 2.45) is 5.41 Å². The van der Waals surface area contributed by atoms with Gasteiger partial charge < -0.3 is 23.9 Å². The first-order chi connectivity index (χ1) is 14.2. The second-order valence-corrected chi connectivity index (χ2v) is 9.76. The van der Waals surface area contributed by atoms with Crippen molar-refractivity contribution >= 4 is 42.2 Å². The molecule has 160 valence electrons. The Morgan fingerprint density at radius 3 is 2.77 bits per heavy atom. The van der Waals surface area contributed by atoms with E-state index in [1.165, 1.54) is 30.2 Å². The highest BCUT2D eigenvalue weighted by atomic mass is 32.2. The number of carbonyl (C=O) groups is 2. The molecule has 1 atom stereocenters. The number of nitrogens with zero attached hydrogens (tertiary/aromatic N) is 2. The predicted octanol–water partition coefficient (Wildman–Crippen LogP) is 2.37. The van der Waals surface area contributed by atoms with Gasteiger partial charge in [-0.1, -0.05) is 29.2 Å². The number of carbonyl (C=O) groups excluding carboxylic acids is 2. The van der Waals surface area contributed by atoms with Gasteiger partial charge in [0.2, 0.25) is 6.79 Å². The maximum atomic E-state index is 12.7. The number of hydrogen-bond acceptors (Lipinski definition) is 11. The summed E-state index contributed by atoms with van der Waals surface area (Å²) < 4.78 is 21.7. The minimum absolute atomic E-state index is 0.0280. The Kier molecular flexibility index (Phi) is 6.89. The van der Waals surface area contributed by atoms with Gasteiger partial charge in [-0.3, -0.25) is 4.79 Å². The molecule has 3 rings (SSSR count). The van der Waals surface area contributed by atoms with Crippen molar-refractivity contribution in [2.75, 3.05) is 13.9 Å². The summed E-state index contributed by atoms with van der Waals surface area (Å²) in [5, 5.41) is 17.9. The summed E-state index contributed by atoms with van der Waals surface area (Å²) in [6.45, 7) is 4.54. The Labute approximate surface area is 182 Å². The second-order valence-electron chi connectivity index (χ2n) is 7.44. The van der Waals surface area contributed by atoms with E-state index in [1.807, 2.05) is 0 Å². The highest BCUT2D eigenvalue weighted by Crippen LogP contribution is 2.40. The number of fused-ring (bicyclic) bond motifs is 1. The van der Waals surface area contributed by atoms with Crippen LogP contribution in [0, 0.1) is 5.41 Å². The molecule has 1 aliphatic rings. The van der Waals surface area contributed by atoms with Crippen LogP contribution in [0.25, 0.3) is 0 Å². The maximum Gasteiger partial charge on any atom is 0.537 e. The standard InChI is InChI=1S/C18H21BN2O7S2/c1-18(2,3)16(23)27-9-26-15(22)13-11(25-4)6-5-10-7-12(19(24)28-14(10)13)30-17-21-20-8-29-17/h5-6,8,12,24H,7,9H2,1-4H3. The Bertz CT molecular complexity index is 918. The average molecular weight is 452 g/mol. The molecule has 0 aliphatic carbocycles. The zero-order valence-corrected chi connectivity index (χ0v) is 18.5. The van der Waals surface area contributed by atoms with E-state index in [-0.39, 0.29) is 22.2 Å². The van der Waals surface area contributed by atoms with Gasteiger partial charge in [0.1, 0.15) is 22.6 Å². The fraction of sp³-hybridized carbons (Fsp3) is 0.444. The third-order valence-corrected chi connectivity index (χ3v) is 6.23. The molecule has 1 aromatic carbocycles. The van der Waals surface area contributed by atoms with E-state index >= 15 is 0 Å². The second kappa shape index (κ2) is 9.23. The van der Waals surface area contributed by atoms with Crippen molar-refractivity contribution in [3.05, 3.63) is 28.8 Å². The number of methoxy groups -OCH3 is 1. The summed E-state index contributed by atoms with van der Waals surface area (Å²) in [5.41, 5.74) is 1.63. The molecule has 0 saturated heterocycles. The van der Waals surface area contributed by atoms with Crippen LogP contribution in [0.5, 0.6) is 11.5 Å². The summed E-state index contributed by atoms with van der Waals surface area (Å²) in [6.07, 6.45) is 0.435. The third-order valence-electron chi connectivity index (χ3n) is 4.19. The SMILES string of the molecule is COc1ccc2c(c1C(=O)OCOC(=O)C(C)(C)C)OB(O)C(Sc1nncs1)C2. The molecule has 0 radical (unpaired) electrons. The number of esters is 2. The number of ether oxygens (including phenoxy) is 3. The van der Waals surface area contributed by atoms with Crippen molar-refractivity contribution in [3.8, 4) is 11.5 Å². The van der Waals surface area contributed by atoms with Gasteiger partial charge in [0.25, 0.3) is 0 Å². The van der Waals surface area contributed by atoms with Gasteiger partial charge in [0.15, 0.2) is 4.34 Å². The molecule has 1 N–H and O–H groups in total. The minimum Gasteiger partial charge on any atom is -0.534 e. The predicted molar refractivity (Wildman–Crippen MR) is 111 cm³/mol. The van der Waals surface area contributed by atoms with Crippen molar-refractivity contribution in [3.63, 3.8) is 0 Å². The van der Waals surface area contributed by atoms with E-state index in [4.69, 9.17) is 18.9 Å². The molecule has 2 heterocycles. The lowest BCUT2D eigenvalue weighted by Gasteiger charge is -2.28. The molecule has 0 amide bonds. The zero-order valence-electron chi connectivity index (χ0n) is 16.9. The number of aromatic nitrogens is 2. The molecule has 1 unspecified atom stereocenters. The molecule has 0 spiro atoms. The largest absolute Gasteiger partial charge is 0.537 e. The summed E-state index contributed by atoms with van der Waals surface area (Å²) in [4.78, 5) is 24.5. The number of benzene rings is 1. The van der Waals surface area contributed by atoms with E-state index in [0.717, 1.165) is 0 Å². The maximum absolute atomic E-state index is 12.7. The van der Waals surface area contributed by atoms with Crippen LogP contribution >= 0.6 is 23.1 Å². The molecule has 0 saturated carbocycles. The lowest BCUT2D eigenvalue weighted by atomic mass is 9.77. The Hall–Kier alpha value is -2.31. The smallest absolute Gasteiger partial charge is 0.534 e. The van der Waals surface area contributed by atoms with Gasteiger partial charge in [0.05, 0.1) is 17.7 Å². The summed E-state index contributed by atoms with van der Waals surface area (Å²) in [5.74, 6) is -0.875. The lowest BCUT2D eigenvalue weighted by molar-refractivity contribution is -0.161. The molecule has 9 nitrogen and oxygen atoms in total. The summed E-state index contributed by atoms with van der Waals surface area (Å²) in [7, 11) is 0.231. The van der Waals surface area contributed by atoms with Gasteiger partial charge in [-0.15, -0.1) is 10.2 Å². The molecule has 1 aromatic heterocycles. The summed E-state index contributed by atoms with van der Waals surface area (Å²) in [6, 6.07) is 3.40. The van der Waals surface area contributed by atoms with Crippen LogP contribution in [0.1, 0.15) is 36.7 Å². The Morgan fingerprint density at radius 1 is 1.37 bits per heavy atom. The first kappa shape index (κ1) is 22.4. The van der Waals surface area contributed by atoms with E-state index in [2.05, 4.69) is 10.2 Å². The van der Waals surface area contributed by atoms with Crippen LogP contribution in [-0.4, -0.2) is 53.3 Å². The average Bonchev–Trinajstić information content (AvgIpc) is 3.20. The lowest BCUT2D eigenvalue weighted by Crippen LogP contribution is -2.41. The van der Waals surface area contributed by atoms with Gasteiger partial charge in [-0.25, -0.2) is 4.79 Å². The molecule has 2 aromatic rings. The normalized spacial score (nSPS) is 15.8. The van der Waals surface area contributed by atoms with Crippen LogP contribution in [0.15, 0.2) is 22.0 Å². The quantitative estimate of drug-likeness (QED) is 0.398. The number of thioether (sulfide) groups is 1. The first-order valence-electron chi connectivity index (χ1n) is 9.02. The first-order valence-corrected chi connectivity index (χ1v) is 10.8. The van der Waals surface area contributed by atoms with Crippen LogP contribution < -0.4 is 9.39 Å². The topological polar surface area (TPSA) is 117 Å². The van der Waals surface area contributed by atoms with Crippen molar-refractivity contribution < 1.29 is 33.5 Å². The monoisotopic (exact) mass is 452 g/mol. The molecular weight excluding hydrogens is 431 g/mol. The molecule has 0 fully saturated rings. The van der Waals surface area contributed by atoms with E-state index in [9.17, 15) is 14.6 Å². The van der Waals surface area contributed by atoms with E-state index < -0.39 is 31.3 Å². The highest BCUT2D eigenvalue weighted by Gasteiger charge is 2.39. The summed E-state index contributed by atoms with van der Waals surface area (Å²) >= 11 is 2.72. The van der Waals surface area contributed by atoms with E-state index in [0.29, 0.717) is 16.3 Å². The fourth-order valence-corrected chi connectivity index (χ4v) is 4.44. The molecule has 1 aliphatic heterocycles. The van der Waals surface area contributed by atoms with Gasteiger partial charge in [-0.05, 0) is 38.8 Å². The molecule has 0 bridgehead atoms. The van der Waals surface area contributed by atoms with Gasteiger partial charge in [-0.2, -0.15) is 0 Å².